The summed E-state index contributed by atoms with van der Waals surface area (Å²) in [7, 11) is 3.19. The van der Waals surface area contributed by atoms with E-state index in [0.717, 1.165) is 36.6 Å². The van der Waals surface area contributed by atoms with Crippen molar-refractivity contribution in [2.75, 3.05) is 27.3 Å². The van der Waals surface area contributed by atoms with Gasteiger partial charge in [-0.3, -0.25) is 4.79 Å². The van der Waals surface area contributed by atoms with Crippen molar-refractivity contribution in [2.24, 2.45) is 5.16 Å². The Hall–Kier alpha value is -2.55. The van der Waals surface area contributed by atoms with E-state index >= 15 is 0 Å². The van der Waals surface area contributed by atoms with Gasteiger partial charge in [-0.25, -0.2) is 0 Å². The first-order valence-electron chi connectivity index (χ1n) is 12.8. The van der Waals surface area contributed by atoms with E-state index in [0.29, 0.717) is 36.2 Å². The van der Waals surface area contributed by atoms with E-state index in [9.17, 15) is 4.79 Å². The Labute approximate surface area is 213 Å². The molecule has 1 aromatic rings. The van der Waals surface area contributed by atoms with E-state index in [-0.39, 0.29) is 5.91 Å². The highest BCUT2D eigenvalue weighted by Crippen LogP contribution is 2.35. The topological polar surface area (TPSA) is 84.4 Å². The monoisotopic (exact) mass is 502 g/mol. The zero-order valence-electron chi connectivity index (χ0n) is 20.9. The van der Waals surface area contributed by atoms with Crippen molar-refractivity contribution >= 4 is 28.9 Å². The summed E-state index contributed by atoms with van der Waals surface area (Å²) < 4.78 is 10.6. The Balaban J connectivity index is 1.22. The molecule has 0 unspecified atom stereocenters. The molecule has 9 heteroatoms. The number of likely N-dealkylation sites (tertiary alicyclic amines) is 1. The Morgan fingerprint density at radius 1 is 1.11 bits per heavy atom. The van der Waals surface area contributed by atoms with Gasteiger partial charge in [-0.05, 0) is 42.8 Å². The molecule has 8 nitrogen and oxygen atoms in total. The number of rotatable bonds is 6. The number of amides is 1. The van der Waals surface area contributed by atoms with E-state index in [1.807, 2.05) is 18.2 Å². The first-order chi connectivity index (χ1) is 17.0. The second-order valence-electron chi connectivity index (χ2n) is 9.84. The third-order valence-corrected chi connectivity index (χ3v) is 7.77. The van der Waals surface area contributed by atoms with Crippen LogP contribution in [0.25, 0.3) is 0 Å². The van der Waals surface area contributed by atoms with E-state index < -0.39 is 5.60 Å². The molecule has 0 atom stereocenters. The SMILES string of the molecule is COc1ccc(CNC(=O)C2=NOC3(CCN(C(=S)NC4CCCCCCC4)CC3)C2)cc1OC. The lowest BCUT2D eigenvalue weighted by Gasteiger charge is -2.39. The normalized spacial score (nSPS) is 20.3. The number of oxime groups is 1. The molecule has 2 heterocycles. The highest BCUT2D eigenvalue weighted by Gasteiger charge is 2.44. The molecule has 1 saturated heterocycles. The molecule has 1 aromatic carbocycles. The summed E-state index contributed by atoms with van der Waals surface area (Å²) in [6.45, 7) is 2.00. The molecular formula is C26H38N4O4S. The lowest BCUT2D eigenvalue weighted by molar-refractivity contribution is -0.115. The molecule has 0 radical (unpaired) electrons. The van der Waals surface area contributed by atoms with Gasteiger partial charge >= 0.3 is 0 Å². The maximum absolute atomic E-state index is 12.7. The van der Waals surface area contributed by atoms with E-state index in [1.165, 1.54) is 44.9 Å². The van der Waals surface area contributed by atoms with Crippen LogP contribution < -0.4 is 20.1 Å². The first kappa shape index (κ1) is 25.5. The minimum atomic E-state index is -0.400. The third-order valence-electron chi connectivity index (χ3n) is 7.40. The number of hydrogen-bond acceptors (Lipinski definition) is 6. The number of nitrogens with one attached hydrogen (secondary N) is 2. The van der Waals surface area contributed by atoms with Crippen LogP contribution in [0.15, 0.2) is 23.4 Å². The fourth-order valence-electron chi connectivity index (χ4n) is 5.17. The molecule has 2 fully saturated rings. The highest BCUT2D eigenvalue weighted by molar-refractivity contribution is 7.80. The fraction of sp³-hybridized carbons (Fsp3) is 0.654. The second-order valence-corrected chi connectivity index (χ2v) is 10.2. The molecule has 35 heavy (non-hydrogen) atoms. The molecular weight excluding hydrogens is 464 g/mol. The van der Waals surface area contributed by atoms with Gasteiger partial charge in [0.15, 0.2) is 16.6 Å². The van der Waals surface area contributed by atoms with Crippen LogP contribution in [0.2, 0.25) is 0 Å². The van der Waals surface area contributed by atoms with E-state index in [4.69, 9.17) is 26.5 Å². The summed E-state index contributed by atoms with van der Waals surface area (Å²) in [5.41, 5.74) is 0.973. The quantitative estimate of drug-likeness (QED) is 0.571. The van der Waals surface area contributed by atoms with Gasteiger partial charge < -0.3 is 29.8 Å². The van der Waals surface area contributed by atoms with E-state index in [2.05, 4.69) is 20.7 Å². The zero-order valence-corrected chi connectivity index (χ0v) is 21.8. The summed E-state index contributed by atoms with van der Waals surface area (Å²) in [4.78, 5) is 20.8. The molecule has 3 aliphatic rings. The molecule has 1 spiro atoms. The lowest BCUT2D eigenvalue weighted by atomic mass is 9.87. The van der Waals surface area contributed by atoms with Crippen LogP contribution in [-0.4, -0.2) is 60.6 Å². The predicted octanol–water partition coefficient (Wildman–Crippen LogP) is 3.92. The number of piperidine rings is 1. The van der Waals surface area contributed by atoms with Crippen LogP contribution in [-0.2, 0) is 16.2 Å². The number of carbonyl (C=O) groups is 1. The van der Waals surface area contributed by atoms with Gasteiger partial charge in [-0.1, -0.05) is 43.3 Å². The molecule has 1 aliphatic carbocycles. The van der Waals surface area contributed by atoms with Crippen molar-refractivity contribution in [3.8, 4) is 11.5 Å². The number of ether oxygens (including phenoxy) is 2. The van der Waals surface area contributed by atoms with Crippen molar-refractivity contribution in [1.29, 1.82) is 0 Å². The Kier molecular flexibility index (Phi) is 8.70. The van der Waals surface area contributed by atoms with Gasteiger partial charge in [0.1, 0.15) is 11.3 Å². The summed E-state index contributed by atoms with van der Waals surface area (Å²) >= 11 is 5.74. The number of carbonyl (C=O) groups excluding carboxylic acids is 1. The smallest absolute Gasteiger partial charge is 0.269 e. The van der Waals surface area contributed by atoms with Crippen LogP contribution in [0.3, 0.4) is 0 Å². The summed E-state index contributed by atoms with van der Waals surface area (Å²) in [5, 5.41) is 11.6. The Morgan fingerprint density at radius 2 is 1.80 bits per heavy atom. The Morgan fingerprint density at radius 3 is 2.49 bits per heavy atom. The molecule has 0 bridgehead atoms. The molecule has 1 saturated carbocycles. The number of hydrogen-bond donors (Lipinski definition) is 2. The second kappa shape index (κ2) is 11.9. The van der Waals surface area contributed by atoms with Gasteiger partial charge in [0.25, 0.3) is 5.91 Å². The molecule has 2 aliphatic heterocycles. The standard InChI is InChI=1S/C26H38N4O4S/c1-32-22-11-10-19(16-23(22)33-2)18-27-24(31)21-17-26(34-29-21)12-14-30(15-13-26)25(35)28-20-8-6-4-3-5-7-9-20/h10-11,16,20H,3-9,12-15,17-18H2,1-2H3,(H,27,31)(H,28,35). The number of thiocarbonyl (C=S) groups is 1. The first-order valence-corrected chi connectivity index (χ1v) is 13.2. The maximum atomic E-state index is 12.7. The minimum absolute atomic E-state index is 0.194. The Bertz CT molecular complexity index is 922. The molecule has 1 amide bonds. The minimum Gasteiger partial charge on any atom is -0.493 e. The average Bonchev–Trinajstić information content (AvgIpc) is 3.27. The van der Waals surface area contributed by atoms with Crippen molar-refractivity contribution < 1.29 is 19.1 Å². The third kappa shape index (κ3) is 6.57. The van der Waals surface area contributed by atoms with Crippen LogP contribution in [0.4, 0.5) is 0 Å². The van der Waals surface area contributed by atoms with Gasteiger partial charge in [0.05, 0.1) is 14.2 Å². The van der Waals surface area contributed by atoms with Crippen LogP contribution in [0.5, 0.6) is 11.5 Å². The fourth-order valence-corrected chi connectivity index (χ4v) is 5.52. The number of methoxy groups -OCH3 is 2. The van der Waals surface area contributed by atoms with Crippen LogP contribution in [0, 0.1) is 0 Å². The van der Waals surface area contributed by atoms with Crippen molar-refractivity contribution in [2.45, 2.75) is 82.4 Å². The van der Waals surface area contributed by atoms with Crippen LogP contribution in [0.1, 0.15) is 69.8 Å². The van der Waals surface area contributed by atoms with Crippen LogP contribution >= 0.6 is 12.2 Å². The summed E-state index contributed by atoms with van der Waals surface area (Å²) in [6, 6.07) is 6.08. The largest absolute Gasteiger partial charge is 0.493 e. The highest BCUT2D eigenvalue weighted by atomic mass is 32.1. The number of nitrogens with zero attached hydrogens (tertiary/aromatic N) is 2. The molecule has 2 N–H and O–H groups in total. The summed E-state index contributed by atoms with van der Waals surface area (Å²) in [6.07, 6.45) is 11.1. The average molecular weight is 503 g/mol. The lowest BCUT2D eigenvalue weighted by Crippen LogP contribution is -2.52. The zero-order chi connectivity index (χ0) is 24.7. The van der Waals surface area contributed by atoms with Crippen molar-refractivity contribution in [3.05, 3.63) is 23.8 Å². The van der Waals surface area contributed by atoms with Gasteiger partial charge in [0, 0.05) is 44.9 Å². The molecule has 0 aromatic heterocycles. The van der Waals surface area contributed by atoms with Crippen molar-refractivity contribution in [3.63, 3.8) is 0 Å². The molecule has 192 valence electrons. The van der Waals surface area contributed by atoms with E-state index in [1.54, 1.807) is 14.2 Å². The van der Waals surface area contributed by atoms with Gasteiger partial charge in [-0.2, -0.15) is 0 Å². The molecule has 4 rings (SSSR count). The number of benzene rings is 1. The predicted molar refractivity (Wildman–Crippen MR) is 140 cm³/mol. The van der Waals surface area contributed by atoms with Crippen molar-refractivity contribution in [1.82, 2.24) is 15.5 Å². The van der Waals surface area contributed by atoms with Gasteiger partial charge in [-0.15, -0.1) is 0 Å². The van der Waals surface area contributed by atoms with Gasteiger partial charge in [0.2, 0.25) is 0 Å². The summed E-state index contributed by atoms with van der Waals surface area (Å²) in [5.74, 6) is 1.10. The maximum Gasteiger partial charge on any atom is 0.269 e.